The molecule has 3 N–H and O–H groups in total. The van der Waals surface area contributed by atoms with Crippen molar-refractivity contribution in [3.05, 3.63) is 24.0 Å². The predicted octanol–water partition coefficient (Wildman–Crippen LogP) is 1.31. The number of nitrogens with one attached hydrogen (secondary N) is 1. The van der Waals surface area contributed by atoms with Gasteiger partial charge in [-0.05, 0) is 18.2 Å². The number of hydrogen-bond acceptors (Lipinski definition) is 3. The molecule has 0 saturated carbocycles. The summed E-state index contributed by atoms with van der Waals surface area (Å²) in [6.45, 7) is 0. The smallest absolute Gasteiger partial charge is 0.318 e. The maximum absolute atomic E-state index is 13.4. The molecule has 0 radical (unpaired) electrons. The van der Waals surface area contributed by atoms with E-state index < -0.39 is 44.7 Å². The Hall–Kier alpha value is -1.75. The molecule has 11 heteroatoms. The lowest BCUT2D eigenvalue weighted by molar-refractivity contribution is -0.163. The minimum Gasteiger partial charge on any atom is -0.318 e. The van der Waals surface area contributed by atoms with Crippen molar-refractivity contribution in [1.29, 1.82) is 0 Å². The van der Waals surface area contributed by atoms with Crippen LogP contribution in [0.1, 0.15) is 0 Å². The molecule has 1 aromatic carbocycles. The van der Waals surface area contributed by atoms with Crippen LogP contribution in [0.25, 0.3) is 0 Å². The van der Waals surface area contributed by atoms with E-state index in [1.165, 1.54) is 5.32 Å². The van der Waals surface area contributed by atoms with Gasteiger partial charge in [-0.15, -0.1) is 0 Å². The Morgan fingerprint density at radius 3 is 2.25 bits per heavy atom. The van der Waals surface area contributed by atoms with Gasteiger partial charge in [-0.25, -0.2) is 26.7 Å². The monoisotopic (exact) mass is 318 g/mol. The van der Waals surface area contributed by atoms with E-state index in [0.717, 1.165) is 0 Å². The van der Waals surface area contributed by atoms with Crippen LogP contribution < -0.4 is 10.5 Å². The van der Waals surface area contributed by atoms with Gasteiger partial charge in [0, 0.05) is 0 Å². The Morgan fingerprint density at radius 2 is 1.85 bits per heavy atom. The van der Waals surface area contributed by atoms with Crippen molar-refractivity contribution in [2.75, 3.05) is 5.32 Å². The highest BCUT2D eigenvalue weighted by molar-refractivity contribution is 7.89. The van der Waals surface area contributed by atoms with Gasteiger partial charge >= 0.3 is 18.3 Å². The molecule has 0 unspecified atom stereocenters. The normalized spacial score (nSPS) is 12.6. The summed E-state index contributed by atoms with van der Waals surface area (Å²) >= 11 is 0. The quantitative estimate of drug-likeness (QED) is 0.820. The van der Waals surface area contributed by atoms with Crippen LogP contribution in [0.4, 0.5) is 27.6 Å². The second kappa shape index (κ2) is 5.32. The van der Waals surface area contributed by atoms with Crippen molar-refractivity contribution in [3.63, 3.8) is 0 Å². The summed E-state index contributed by atoms with van der Waals surface area (Å²) in [5, 5.41) is 5.92. The molecule has 0 spiro atoms. The van der Waals surface area contributed by atoms with Gasteiger partial charge in [0.1, 0.15) is 5.82 Å². The highest BCUT2D eigenvalue weighted by Crippen LogP contribution is 2.26. The molecule has 1 amide bonds. The minimum atomic E-state index is -5.01. The molecule has 1 aromatic rings. The third kappa shape index (κ3) is 3.42. The molecule has 5 nitrogen and oxygen atoms in total. The van der Waals surface area contributed by atoms with Crippen molar-refractivity contribution in [2.24, 2.45) is 5.14 Å². The summed E-state index contributed by atoms with van der Waals surface area (Å²) in [7, 11) is -4.23. The van der Waals surface area contributed by atoms with Crippen LogP contribution >= 0.6 is 0 Å². The van der Waals surface area contributed by atoms with Crippen LogP contribution in [0.3, 0.4) is 0 Å². The number of amides is 1. The molecule has 0 heterocycles. The molecule has 0 atom stereocenters. The zero-order valence-corrected chi connectivity index (χ0v) is 10.2. The number of halogens is 5. The zero-order valence-electron chi connectivity index (χ0n) is 9.41. The maximum Gasteiger partial charge on any atom is 0.383 e. The van der Waals surface area contributed by atoms with Crippen LogP contribution in [0.15, 0.2) is 23.1 Å². The van der Waals surface area contributed by atoms with Gasteiger partial charge in [-0.2, -0.15) is 8.78 Å². The van der Waals surface area contributed by atoms with Crippen molar-refractivity contribution in [2.45, 2.75) is 17.2 Å². The fourth-order valence-corrected chi connectivity index (χ4v) is 1.60. The van der Waals surface area contributed by atoms with Gasteiger partial charge in [0.15, 0.2) is 0 Å². The van der Waals surface area contributed by atoms with E-state index in [1.54, 1.807) is 0 Å². The Morgan fingerprint density at radius 1 is 1.30 bits per heavy atom. The number of carbonyl (C=O) groups excluding carboxylic acids is 1. The molecule has 0 aliphatic rings. The highest BCUT2D eigenvalue weighted by Gasteiger charge is 2.49. The van der Waals surface area contributed by atoms with Crippen LogP contribution in [0, 0.1) is 5.82 Å². The SMILES string of the molecule is NS(=O)(=O)c1ccc(NC(=O)C(F)(F)C(F)F)c(F)c1. The summed E-state index contributed by atoms with van der Waals surface area (Å²) in [6, 6.07) is 1.68. The van der Waals surface area contributed by atoms with E-state index in [1.807, 2.05) is 0 Å². The molecule has 0 saturated heterocycles. The lowest BCUT2D eigenvalue weighted by Crippen LogP contribution is -2.41. The number of carbonyl (C=O) groups is 1. The minimum absolute atomic E-state index is 0.353. The zero-order chi connectivity index (χ0) is 15.7. The predicted molar refractivity (Wildman–Crippen MR) is 57.4 cm³/mol. The van der Waals surface area contributed by atoms with E-state index >= 15 is 0 Å². The molecule has 1 rings (SSSR count). The van der Waals surface area contributed by atoms with E-state index in [2.05, 4.69) is 5.14 Å². The van der Waals surface area contributed by atoms with Crippen molar-refractivity contribution >= 4 is 21.6 Å². The van der Waals surface area contributed by atoms with E-state index in [4.69, 9.17) is 0 Å². The first kappa shape index (κ1) is 16.3. The fourth-order valence-electron chi connectivity index (χ4n) is 1.08. The van der Waals surface area contributed by atoms with Gasteiger partial charge in [0.2, 0.25) is 10.0 Å². The maximum atomic E-state index is 13.4. The lowest BCUT2D eigenvalue weighted by Gasteiger charge is -2.15. The second-order valence-corrected chi connectivity index (χ2v) is 5.13. The molecule has 0 fully saturated rings. The Labute approximate surface area is 109 Å². The van der Waals surface area contributed by atoms with E-state index in [9.17, 15) is 35.2 Å². The molecule has 0 aliphatic carbocycles. The number of rotatable bonds is 4. The molecular formula is C9H7F5N2O3S. The first-order chi connectivity index (χ1) is 8.96. The molecule has 0 bridgehead atoms. The average molecular weight is 318 g/mol. The van der Waals surface area contributed by atoms with Crippen molar-refractivity contribution in [1.82, 2.24) is 0 Å². The van der Waals surface area contributed by atoms with Gasteiger partial charge in [0.25, 0.3) is 0 Å². The number of alkyl halides is 4. The summed E-state index contributed by atoms with van der Waals surface area (Å²) in [5.41, 5.74) is -0.886. The fraction of sp³-hybridized carbons (Fsp3) is 0.222. The third-order valence-corrected chi connectivity index (χ3v) is 3.01. The summed E-state index contributed by atoms with van der Waals surface area (Å²) in [5.74, 6) is -8.85. The summed E-state index contributed by atoms with van der Waals surface area (Å²) < 4.78 is 84.1. The van der Waals surface area contributed by atoms with Gasteiger partial charge in [-0.1, -0.05) is 0 Å². The standard InChI is InChI=1S/C9H7F5N2O3S/c10-5-3-4(20(15,18)19)1-2-6(5)16-8(17)9(13,14)7(11)12/h1-3,7H,(H,16,17)(H2,15,18,19). The largest absolute Gasteiger partial charge is 0.383 e. The number of primary sulfonamides is 1. The summed E-state index contributed by atoms with van der Waals surface area (Å²) in [4.78, 5) is 10.2. The molecule has 0 aliphatic heterocycles. The van der Waals surface area contributed by atoms with E-state index in [-0.39, 0.29) is 0 Å². The Kier molecular flexibility index (Phi) is 4.34. The van der Waals surface area contributed by atoms with E-state index in [0.29, 0.717) is 18.2 Å². The van der Waals surface area contributed by atoms with Crippen LogP contribution in [0.5, 0.6) is 0 Å². The number of hydrogen-bond donors (Lipinski definition) is 2. The molecule has 0 aromatic heterocycles. The molecular weight excluding hydrogens is 311 g/mol. The van der Waals surface area contributed by atoms with Crippen LogP contribution in [0.2, 0.25) is 0 Å². The first-order valence-electron chi connectivity index (χ1n) is 4.76. The van der Waals surface area contributed by atoms with Gasteiger partial charge < -0.3 is 5.32 Å². The summed E-state index contributed by atoms with van der Waals surface area (Å²) in [6.07, 6.45) is -4.27. The third-order valence-electron chi connectivity index (χ3n) is 2.09. The number of nitrogens with two attached hydrogens (primary N) is 1. The Balaban J connectivity index is 3.04. The molecule has 20 heavy (non-hydrogen) atoms. The van der Waals surface area contributed by atoms with Crippen LogP contribution in [-0.4, -0.2) is 26.7 Å². The lowest BCUT2D eigenvalue weighted by atomic mass is 10.2. The second-order valence-electron chi connectivity index (χ2n) is 3.56. The van der Waals surface area contributed by atoms with Crippen molar-refractivity contribution in [3.8, 4) is 0 Å². The Bertz CT molecular complexity index is 632. The molecule has 112 valence electrons. The highest BCUT2D eigenvalue weighted by atomic mass is 32.2. The van der Waals surface area contributed by atoms with Crippen LogP contribution in [-0.2, 0) is 14.8 Å². The average Bonchev–Trinajstić information content (AvgIpc) is 2.29. The van der Waals surface area contributed by atoms with Crippen molar-refractivity contribution < 1.29 is 35.2 Å². The number of anilines is 1. The topological polar surface area (TPSA) is 89.3 Å². The first-order valence-corrected chi connectivity index (χ1v) is 6.30. The number of sulfonamides is 1. The number of benzene rings is 1. The van der Waals surface area contributed by atoms with Gasteiger partial charge in [-0.3, -0.25) is 4.79 Å². The van der Waals surface area contributed by atoms with Gasteiger partial charge in [0.05, 0.1) is 10.6 Å².